The number of hydrazone groups is 1. The third kappa shape index (κ3) is 3.38. The third-order valence-corrected chi connectivity index (χ3v) is 5.34. The second-order valence-electron chi connectivity index (χ2n) is 6.96. The van der Waals surface area contributed by atoms with Crippen LogP contribution in [0.25, 0.3) is 0 Å². The van der Waals surface area contributed by atoms with E-state index in [0.717, 1.165) is 29.7 Å². The Balaban J connectivity index is 1.74. The Bertz CT molecular complexity index is 924. The van der Waals surface area contributed by atoms with Gasteiger partial charge in [0.25, 0.3) is 0 Å². The van der Waals surface area contributed by atoms with Crippen LogP contribution in [0.1, 0.15) is 24.0 Å². The minimum Gasteiger partial charge on any atom is -0.493 e. The molecule has 1 aromatic carbocycles. The largest absolute Gasteiger partial charge is 0.493 e. The SMILES string of the molecule is COc1ccc(C2=NN(Cc3ccncc3)C(=O)[C@@H]3CC=CC[C@H]23)cc1OC. The molecule has 28 heavy (non-hydrogen) atoms. The first kappa shape index (κ1) is 18.2. The van der Waals surface area contributed by atoms with Gasteiger partial charge in [-0.1, -0.05) is 12.2 Å². The standard InChI is InChI=1S/C22H23N3O3/c1-27-19-8-7-16(13-20(19)28-2)21-17-5-3-4-6-18(17)22(26)25(24-21)14-15-9-11-23-12-10-15/h3-4,7-13,17-18H,5-6,14H2,1-2H3/t17-,18+/m0/s1. The molecule has 144 valence electrons. The van der Waals surface area contributed by atoms with Crippen molar-refractivity contribution in [3.05, 3.63) is 66.0 Å². The van der Waals surface area contributed by atoms with Gasteiger partial charge in [-0.05, 0) is 48.7 Å². The van der Waals surface area contributed by atoms with Crippen molar-refractivity contribution in [3.8, 4) is 11.5 Å². The lowest BCUT2D eigenvalue weighted by atomic mass is 9.76. The average Bonchev–Trinajstić information content (AvgIpc) is 2.76. The zero-order chi connectivity index (χ0) is 19.5. The van der Waals surface area contributed by atoms with E-state index in [-0.39, 0.29) is 17.7 Å². The summed E-state index contributed by atoms with van der Waals surface area (Å²) in [7, 11) is 3.24. The van der Waals surface area contributed by atoms with Crippen molar-refractivity contribution >= 4 is 11.6 Å². The van der Waals surface area contributed by atoms with E-state index >= 15 is 0 Å². The van der Waals surface area contributed by atoms with E-state index in [9.17, 15) is 4.79 Å². The summed E-state index contributed by atoms with van der Waals surface area (Å²) in [6.45, 7) is 0.436. The van der Waals surface area contributed by atoms with E-state index in [2.05, 4.69) is 17.1 Å². The number of allylic oxidation sites excluding steroid dienone is 2. The summed E-state index contributed by atoms with van der Waals surface area (Å²) in [5.41, 5.74) is 2.88. The zero-order valence-electron chi connectivity index (χ0n) is 16.0. The van der Waals surface area contributed by atoms with Crippen LogP contribution in [0.2, 0.25) is 0 Å². The maximum Gasteiger partial charge on any atom is 0.247 e. The lowest BCUT2D eigenvalue weighted by Crippen LogP contribution is -2.45. The first-order valence-electron chi connectivity index (χ1n) is 9.37. The van der Waals surface area contributed by atoms with E-state index in [1.54, 1.807) is 31.6 Å². The molecule has 0 fully saturated rings. The van der Waals surface area contributed by atoms with Gasteiger partial charge in [0.15, 0.2) is 11.5 Å². The highest BCUT2D eigenvalue weighted by molar-refractivity contribution is 6.07. The van der Waals surface area contributed by atoms with Crippen molar-refractivity contribution in [3.63, 3.8) is 0 Å². The molecular formula is C22H23N3O3. The molecule has 0 N–H and O–H groups in total. The van der Waals surface area contributed by atoms with Crippen LogP contribution < -0.4 is 9.47 Å². The Labute approximate surface area is 164 Å². The van der Waals surface area contributed by atoms with Crippen molar-refractivity contribution < 1.29 is 14.3 Å². The van der Waals surface area contributed by atoms with Gasteiger partial charge in [-0.3, -0.25) is 9.78 Å². The average molecular weight is 377 g/mol. The van der Waals surface area contributed by atoms with Crippen molar-refractivity contribution in [2.45, 2.75) is 19.4 Å². The number of aromatic nitrogens is 1. The minimum absolute atomic E-state index is 0.0734. The number of nitrogens with zero attached hydrogens (tertiary/aromatic N) is 3. The number of fused-ring (bicyclic) bond motifs is 1. The Hall–Kier alpha value is -3.15. The van der Waals surface area contributed by atoms with Gasteiger partial charge in [0.05, 0.1) is 32.4 Å². The molecule has 0 saturated carbocycles. The molecule has 0 saturated heterocycles. The van der Waals surface area contributed by atoms with E-state index in [1.807, 2.05) is 30.3 Å². The Morgan fingerprint density at radius 2 is 1.71 bits per heavy atom. The molecule has 2 atom stereocenters. The number of hydrogen-bond acceptors (Lipinski definition) is 5. The van der Waals surface area contributed by atoms with Crippen LogP contribution in [0.5, 0.6) is 11.5 Å². The second kappa shape index (κ2) is 7.84. The maximum absolute atomic E-state index is 13.1. The molecule has 6 heteroatoms. The van der Waals surface area contributed by atoms with Gasteiger partial charge < -0.3 is 9.47 Å². The van der Waals surface area contributed by atoms with Gasteiger partial charge in [0.1, 0.15) is 0 Å². The number of carbonyl (C=O) groups is 1. The van der Waals surface area contributed by atoms with Crippen molar-refractivity contribution in [1.82, 2.24) is 9.99 Å². The summed E-state index contributed by atoms with van der Waals surface area (Å²) in [4.78, 5) is 17.1. The van der Waals surface area contributed by atoms with E-state index in [0.29, 0.717) is 18.0 Å². The highest BCUT2D eigenvalue weighted by Gasteiger charge is 2.40. The summed E-state index contributed by atoms with van der Waals surface area (Å²) >= 11 is 0. The van der Waals surface area contributed by atoms with Crippen LogP contribution in [0.3, 0.4) is 0 Å². The van der Waals surface area contributed by atoms with E-state index in [1.165, 1.54) is 0 Å². The first-order chi connectivity index (χ1) is 13.7. The molecule has 0 unspecified atom stereocenters. The van der Waals surface area contributed by atoms with Crippen LogP contribution in [0.4, 0.5) is 0 Å². The second-order valence-corrected chi connectivity index (χ2v) is 6.96. The van der Waals surface area contributed by atoms with Crippen LogP contribution in [0, 0.1) is 11.8 Å². The Morgan fingerprint density at radius 3 is 2.43 bits per heavy atom. The zero-order valence-corrected chi connectivity index (χ0v) is 16.0. The summed E-state index contributed by atoms with van der Waals surface area (Å²) in [6.07, 6.45) is 9.25. The number of carbonyl (C=O) groups excluding carboxylic acids is 1. The van der Waals surface area contributed by atoms with Gasteiger partial charge in [-0.2, -0.15) is 5.10 Å². The molecule has 1 amide bonds. The smallest absolute Gasteiger partial charge is 0.247 e. The van der Waals surface area contributed by atoms with E-state index < -0.39 is 0 Å². The molecular weight excluding hydrogens is 354 g/mol. The molecule has 4 rings (SSSR count). The van der Waals surface area contributed by atoms with Crippen molar-refractivity contribution in [2.24, 2.45) is 16.9 Å². The molecule has 0 spiro atoms. The quantitative estimate of drug-likeness (QED) is 0.749. The lowest BCUT2D eigenvalue weighted by molar-refractivity contribution is -0.138. The number of methoxy groups -OCH3 is 2. The van der Waals surface area contributed by atoms with Gasteiger partial charge in [0, 0.05) is 23.9 Å². The summed E-state index contributed by atoms with van der Waals surface area (Å²) < 4.78 is 10.8. The fourth-order valence-corrected chi connectivity index (χ4v) is 3.88. The monoisotopic (exact) mass is 377 g/mol. The number of pyridine rings is 1. The van der Waals surface area contributed by atoms with Crippen LogP contribution in [0.15, 0.2) is 60.0 Å². The number of rotatable bonds is 5. The van der Waals surface area contributed by atoms with Gasteiger partial charge in [-0.15, -0.1) is 0 Å². The summed E-state index contributed by atoms with van der Waals surface area (Å²) in [5.74, 6) is 1.39. The fraction of sp³-hybridized carbons (Fsp3) is 0.318. The number of benzene rings is 1. The molecule has 1 aromatic heterocycles. The summed E-state index contributed by atoms with van der Waals surface area (Å²) in [5, 5.41) is 6.39. The predicted octanol–water partition coefficient (Wildman–Crippen LogP) is 3.43. The molecule has 1 aliphatic carbocycles. The number of hydrogen-bond donors (Lipinski definition) is 0. The van der Waals surface area contributed by atoms with Crippen LogP contribution in [-0.2, 0) is 11.3 Å². The maximum atomic E-state index is 13.1. The van der Waals surface area contributed by atoms with Crippen molar-refractivity contribution in [1.29, 1.82) is 0 Å². The number of amides is 1. The molecule has 0 radical (unpaired) electrons. The van der Waals surface area contributed by atoms with Gasteiger partial charge in [-0.25, -0.2) is 5.01 Å². The molecule has 2 aliphatic rings. The predicted molar refractivity (Wildman–Crippen MR) is 106 cm³/mol. The van der Waals surface area contributed by atoms with Crippen LogP contribution in [-0.4, -0.2) is 35.8 Å². The summed E-state index contributed by atoms with van der Waals surface area (Å²) in [6, 6.07) is 9.62. The van der Waals surface area contributed by atoms with Crippen molar-refractivity contribution in [2.75, 3.05) is 14.2 Å². The third-order valence-electron chi connectivity index (χ3n) is 5.34. The van der Waals surface area contributed by atoms with Gasteiger partial charge >= 0.3 is 0 Å². The minimum atomic E-state index is -0.0903. The molecule has 0 bridgehead atoms. The number of ether oxygens (including phenoxy) is 2. The first-order valence-corrected chi connectivity index (χ1v) is 9.37. The lowest BCUT2D eigenvalue weighted by Gasteiger charge is -2.37. The fourth-order valence-electron chi connectivity index (χ4n) is 3.88. The van der Waals surface area contributed by atoms with Crippen LogP contribution >= 0.6 is 0 Å². The van der Waals surface area contributed by atoms with Gasteiger partial charge in [0.2, 0.25) is 5.91 Å². The Kier molecular flexibility index (Phi) is 5.10. The highest BCUT2D eigenvalue weighted by atomic mass is 16.5. The molecule has 6 nitrogen and oxygen atoms in total. The highest BCUT2D eigenvalue weighted by Crippen LogP contribution is 2.37. The normalized spacial score (nSPS) is 21.1. The molecule has 2 aromatic rings. The molecule has 1 aliphatic heterocycles. The van der Waals surface area contributed by atoms with E-state index in [4.69, 9.17) is 14.6 Å². The molecule has 2 heterocycles. The Morgan fingerprint density at radius 1 is 1.00 bits per heavy atom. The topological polar surface area (TPSA) is 64.0 Å².